The van der Waals surface area contributed by atoms with Gasteiger partial charge in [-0.2, -0.15) is 0 Å². The zero-order valence-electron chi connectivity index (χ0n) is 12.3. The Hall–Kier alpha value is -0.0800. The molecular formula is C16H31NO. The topological polar surface area (TPSA) is 21.3 Å². The zero-order chi connectivity index (χ0) is 12.8. The van der Waals surface area contributed by atoms with E-state index in [4.69, 9.17) is 4.74 Å². The van der Waals surface area contributed by atoms with Gasteiger partial charge in [-0.25, -0.2) is 0 Å². The third-order valence-corrected chi connectivity index (χ3v) is 4.82. The lowest BCUT2D eigenvalue weighted by Crippen LogP contribution is -2.37. The lowest BCUT2D eigenvalue weighted by molar-refractivity contribution is 0.0993. The minimum atomic E-state index is 0.598. The summed E-state index contributed by atoms with van der Waals surface area (Å²) in [6.07, 6.45) is 9.76. The Morgan fingerprint density at radius 1 is 1.17 bits per heavy atom. The number of hydrogen-bond acceptors (Lipinski definition) is 2. The lowest BCUT2D eigenvalue weighted by atomic mass is 9.84. The monoisotopic (exact) mass is 253 g/mol. The van der Waals surface area contributed by atoms with E-state index in [2.05, 4.69) is 19.2 Å². The van der Waals surface area contributed by atoms with Crippen LogP contribution in [-0.4, -0.2) is 25.8 Å². The average Bonchev–Trinajstić information content (AvgIpc) is 2.98. The molecule has 0 saturated heterocycles. The van der Waals surface area contributed by atoms with Crippen LogP contribution in [-0.2, 0) is 4.74 Å². The number of fused-ring (bicyclic) bond motifs is 2. The van der Waals surface area contributed by atoms with E-state index < -0.39 is 0 Å². The van der Waals surface area contributed by atoms with Crippen LogP contribution in [0.25, 0.3) is 0 Å². The van der Waals surface area contributed by atoms with E-state index in [1.54, 1.807) is 0 Å². The van der Waals surface area contributed by atoms with Crippen molar-refractivity contribution >= 4 is 0 Å². The van der Waals surface area contributed by atoms with Crippen molar-refractivity contribution in [3.8, 4) is 0 Å². The molecule has 0 aromatic rings. The third kappa shape index (κ3) is 3.96. The van der Waals surface area contributed by atoms with Crippen LogP contribution >= 0.6 is 0 Å². The maximum Gasteiger partial charge on any atom is 0.0619 e. The largest absolute Gasteiger partial charge is 0.380 e. The molecule has 0 heterocycles. The standard InChI is InChI=1S/C16H31NO/c1-3-7-17-16(12-18-8-4-2)11-15-10-13-5-6-14(15)9-13/h13-17H,3-12H2,1-2H3. The second-order valence-electron chi connectivity index (χ2n) is 6.40. The summed E-state index contributed by atoms with van der Waals surface area (Å²) in [7, 11) is 0. The molecule has 18 heavy (non-hydrogen) atoms. The van der Waals surface area contributed by atoms with Gasteiger partial charge in [0.1, 0.15) is 0 Å². The van der Waals surface area contributed by atoms with E-state index in [9.17, 15) is 0 Å². The van der Waals surface area contributed by atoms with E-state index in [0.29, 0.717) is 6.04 Å². The molecule has 0 aromatic heterocycles. The van der Waals surface area contributed by atoms with Crippen molar-refractivity contribution in [3.05, 3.63) is 0 Å². The highest BCUT2D eigenvalue weighted by Crippen LogP contribution is 2.49. The van der Waals surface area contributed by atoms with Crippen LogP contribution in [0, 0.1) is 17.8 Å². The summed E-state index contributed by atoms with van der Waals surface area (Å²) in [4.78, 5) is 0. The number of ether oxygens (including phenoxy) is 1. The molecule has 2 bridgehead atoms. The molecule has 2 nitrogen and oxygen atoms in total. The van der Waals surface area contributed by atoms with Crippen molar-refractivity contribution in [1.29, 1.82) is 0 Å². The van der Waals surface area contributed by atoms with Gasteiger partial charge in [0.2, 0.25) is 0 Å². The van der Waals surface area contributed by atoms with E-state index in [1.807, 2.05) is 0 Å². The molecule has 2 saturated carbocycles. The summed E-state index contributed by atoms with van der Waals surface area (Å²) in [5.41, 5.74) is 0. The Balaban J connectivity index is 1.73. The highest BCUT2D eigenvalue weighted by Gasteiger charge is 2.39. The molecule has 2 fully saturated rings. The molecular weight excluding hydrogens is 222 g/mol. The maximum absolute atomic E-state index is 5.77. The first-order chi connectivity index (χ1) is 8.83. The SMILES string of the molecule is CCCNC(COCCC)CC1CC2CCC1C2. The first kappa shape index (κ1) is 14.3. The Kier molecular flexibility index (Phi) is 5.97. The van der Waals surface area contributed by atoms with Gasteiger partial charge in [-0.1, -0.05) is 20.3 Å². The predicted octanol–water partition coefficient (Wildman–Crippen LogP) is 3.61. The van der Waals surface area contributed by atoms with Gasteiger partial charge in [0.15, 0.2) is 0 Å². The summed E-state index contributed by atoms with van der Waals surface area (Å²) < 4.78 is 5.77. The minimum Gasteiger partial charge on any atom is -0.380 e. The number of nitrogens with one attached hydrogen (secondary N) is 1. The minimum absolute atomic E-state index is 0.598. The average molecular weight is 253 g/mol. The lowest BCUT2D eigenvalue weighted by Gasteiger charge is -2.27. The Bertz CT molecular complexity index is 231. The van der Waals surface area contributed by atoms with Crippen molar-refractivity contribution < 1.29 is 4.74 Å². The molecule has 4 unspecified atom stereocenters. The van der Waals surface area contributed by atoms with Crippen LogP contribution < -0.4 is 5.32 Å². The van der Waals surface area contributed by atoms with Gasteiger partial charge >= 0.3 is 0 Å². The summed E-state index contributed by atoms with van der Waals surface area (Å²) in [6.45, 7) is 7.41. The summed E-state index contributed by atoms with van der Waals surface area (Å²) in [5.74, 6) is 3.11. The molecule has 4 atom stereocenters. The summed E-state index contributed by atoms with van der Waals surface area (Å²) >= 11 is 0. The quantitative estimate of drug-likeness (QED) is 0.634. The molecule has 0 radical (unpaired) electrons. The molecule has 0 spiro atoms. The first-order valence-corrected chi connectivity index (χ1v) is 8.14. The van der Waals surface area contributed by atoms with Gasteiger partial charge in [0.25, 0.3) is 0 Å². The van der Waals surface area contributed by atoms with E-state index in [-0.39, 0.29) is 0 Å². The van der Waals surface area contributed by atoms with Crippen molar-refractivity contribution in [3.63, 3.8) is 0 Å². The molecule has 0 amide bonds. The molecule has 2 aliphatic rings. The second-order valence-corrected chi connectivity index (χ2v) is 6.40. The maximum atomic E-state index is 5.77. The van der Waals surface area contributed by atoms with Crippen LogP contribution in [0.5, 0.6) is 0 Å². The predicted molar refractivity (Wildman–Crippen MR) is 76.7 cm³/mol. The fourth-order valence-corrected chi connectivity index (χ4v) is 3.96. The molecule has 0 aromatic carbocycles. The number of hydrogen-bond donors (Lipinski definition) is 1. The first-order valence-electron chi connectivity index (χ1n) is 8.14. The Morgan fingerprint density at radius 3 is 2.67 bits per heavy atom. The van der Waals surface area contributed by atoms with Gasteiger partial charge in [0.05, 0.1) is 6.61 Å². The van der Waals surface area contributed by atoms with Crippen LogP contribution in [0.2, 0.25) is 0 Å². The van der Waals surface area contributed by atoms with E-state index in [1.165, 1.54) is 38.5 Å². The Labute approximate surface area is 113 Å². The normalized spacial score (nSPS) is 32.0. The van der Waals surface area contributed by atoms with Crippen molar-refractivity contribution in [2.45, 2.75) is 64.8 Å². The molecule has 2 rings (SSSR count). The van der Waals surface area contributed by atoms with Crippen LogP contribution in [0.3, 0.4) is 0 Å². The second kappa shape index (κ2) is 7.49. The fourth-order valence-electron chi connectivity index (χ4n) is 3.96. The molecule has 2 heteroatoms. The molecule has 0 aliphatic heterocycles. The van der Waals surface area contributed by atoms with Gasteiger partial charge in [-0.3, -0.25) is 0 Å². The molecule has 1 N–H and O–H groups in total. The van der Waals surface area contributed by atoms with Crippen LogP contribution in [0.15, 0.2) is 0 Å². The molecule has 106 valence electrons. The third-order valence-electron chi connectivity index (χ3n) is 4.82. The van der Waals surface area contributed by atoms with Gasteiger partial charge in [-0.15, -0.1) is 0 Å². The fraction of sp³-hybridized carbons (Fsp3) is 1.00. The van der Waals surface area contributed by atoms with Gasteiger partial charge < -0.3 is 10.1 Å². The molecule has 2 aliphatic carbocycles. The van der Waals surface area contributed by atoms with Crippen molar-refractivity contribution in [1.82, 2.24) is 5.32 Å². The van der Waals surface area contributed by atoms with Crippen LogP contribution in [0.1, 0.15) is 58.8 Å². The summed E-state index contributed by atoms with van der Waals surface area (Å²) in [5, 5.41) is 3.69. The van der Waals surface area contributed by atoms with Crippen molar-refractivity contribution in [2.75, 3.05) is 19.8 Å². The number of rotatable bonds is 9. The Morgan fingerprint density at radius 2 is 2.06 bits per heavy atom. The van der Waals surface area contributed by atoms with E-state index in [0.717, 1.165) is 43.9 Å². The highest BCUT2D eigenvalue weighted by atomic mass is 16.5. The van der Waals surface area contributed by atoms with Crippen molar-refractivity contribution in [2.24, 2.45) is 17.8 Å². The van der Waals surface area contributed by atoms with Gasteiger partial charge in [-0.05, 0) is 62.8 Å². The summed E-state index contributed by atoms with van der Waals surface area (Å²) in [6, 6.07) is 0.598. The van der Waals surface area contributed by atoms with Crippen LogP contribution in [0.4, 0.5) is 0 Å². The zero-order valence-corrected chi connectivity index (χ0v) is 12.3. The smallest absolute Gasteiger partial charge is 0.0619 e. The van der Waals surface area contributed by atoms with E-state index >= 15 is 0 Å². The highest BCUT2D eigenvalue weighted by molar-refractivity contribution is 4.91. The van der Waals surface area contributed by atoms with Gasteiger partial charge in [0, 0.05) is 12.6 Å².